The quantitative estimate of drug-likeness (QED) is 0.614. The number of halogens is 1. The Morgan fingerprint density at radius 2 is 1.97 bits per heavy atom. The number of rotatable bonds is 7. The fraction of sp³-hybridized carbons (Fsp3) is 0.200. The molecule has 1 heterocycles. The number of carbonyl (C=O) groups is 1. The predicted molar refractivity (Wildman–Crippen MR) is 106 cm³/mol. The van der Waals surface area contributed by atoms with E-state index in [0.29, 0.717) is 28.5 Å². The fourth-order valence-electron chi connectivity index (χ4n) is 2.73. The summed E-state index contributed by atoms with van der Waals surface area (Å²) in [7, 11) is -2.30. The second kappa shape index (κ2) is 8.54. The van der Waals surface area contributed by atoms with Gasteiger partial charge in [-0.15, -0.1) is 0 Å². The smallest absolute Gasteiger partial charge is 0.240 e. The molecular formula is C20H20FN3O4S. The molecule has 0 spiro atoms. The van der Waals surface area contributed by atoms with Crippen LogP contribution in [0.5, 0.6) is 0 Å². The van der Waals surface area contributed by atoms with Gasteiger partial charge in [0, 0.05) is 18.5 Å². The highest BCUT2D eigenvalue weighted by Gasteiger charge is 2.16. The molecule has 152 valence electrons. The first-order valence-electron chi connectivity index (χ1n) is 8.84. The van der Waals surface area contributed by atoms with E-state index in [1.165, 1.54) is 25.4 Å². The Labute approximate surface area is 168 Å². The average Bonchev–Trinajstić information content (AvgIpc) is 3.17. The molecule has 0 aliphatic rings. The van der Waals surface area contributed by atoms with Gasteiger partial charge < -0.3 is 9.73 Å². The van der Waals surface area contributed by atoms with Gasteiger partial charge in [-0.2, -0.15) is 0 Å². The number of carbonyl (C=O) groups excluding carboxylic acids is 1. The van der Waals surface area contributed by atoms with Crippen molar-refractivity contribution in [3.63, 3.8) is 0 Å². The van der Waals surface area contributed by atoms with E-state index in [9.17, 15) is 17.6 Å². The Morgan fingerprint density at radius 3 is 2.69 bits per heavy atom. The first kappa shape index (κ1) is 20.7. The van der Waals surface area contributed by atoms with Crippen LogP contribution in [0.4, 0.5) is 10.1 Å². The van der Waals surface area contributed by atoms with Crippen molar-refractivity contribution in [1.82, 2.24) is 9.71 Å². The summed E-state index contributed by atoms with van der Waals surface area (Å²) in [5.74, 6) is -0.147. The van der Waals surface area contributed by atoms with Crippen LogP contribution in [-0.4, -0.2) is 26.4 Å². The van der Waals surface area contributed by atoms with Crippen molar-refractivity contribution < 1.29 is 22.0 Å². The zero-order chi connectivity index (χ0) is 21.0. The number of amides is 1. The minimum atomic E-state index is -3.63. The second-order valence-corrected chi connectivity index (χ2v) is 8.19. The number of hydrogen-bond acceptors (Lipinski definition) is 5. The maximum Gasteiger partial charge on any atom is 0.240 e. The molecule has 0 aliphatic heterocycles. The molecule has 0 radical (unpaired) electrons. The summed E-state index contributed by atoms with van der Waals surface area (Å²) in [5.41, 5.74) is 1.24. The van der Waals surface area contributed by atoms with Gasteiger partial charge in [-0.3, -0.25) is 4.79 Å². The lowest BCUT2D eigenvalue weighted by atomic mass is 10.2. The van der Waals surface area contributed by atoms with E-state index in [1.54, 1.807) is 37.3 Å². The highest BCUT2D eigenvalue weighted by atomic mass is 32.2. The van der Waals surface area contributed by atoms with E-state index < -0.39 is 15.8 Å². The van der Waals surface area contributed by atoms with Gasteiger partial charge in [0.25, 0.3) is 0 Å². The molecule has 3 aromatic rings. The lowest BCUT2D eigenvalue weighted by Crippen LogP contribution is -2.20. The largest absolute Gasteiger partial charge is 0.441 e. The Balaban J connectivity index is 1.64. The minimum absolute atomic E-state index is 0.0687. The lowest BCUT2D eigenvalue weighted by Gasteiger charge is -2.10. The zero-order valence-electron chi connectivity index (χ0n) is 15.9. The standard InChI is InChI=1S/C20H20FN3O4S/c1-13-7-8-14(11-18(13)29(26,27)22-2)24-19(25)9-10-20-23-12-17(28-20)15-5-3-4-6-16(15)21/h3-8,11-12,22H,9-10H2,1-2H3,(H,24,25). The Hall–Kier alpha value is -3.04. The van der Waals surface area contributed by atoms with Crippen LogP contribution in [0.15, 0.2) is 58.0 Å². The molecular weight excluding hydrogens is 397 g/mol. The van der Waals surface area contributed by atoms with Gasteiger partial charge in [-0.1, -0.05) is 18.2 Å². The van der Waals surface area contributed by atoms with Crippen LogP contribution in [0.1, 0.15) is 17.9 Å². The normalized spacial score (nSPS) is 11.4. The van der Waals surface area contributed by atoms with E-state index in [-0.39, 0.29) is 23.6 Å². The molecule has 2 N–H and O–H groups in total. The highest BCUT2D eigenvalue weighted by Crippen LogP contribution is 2.24. The molecule has 0 bridgehead atoms. The molecule has 29 heavy (non-hydrogen) atoms. The average molecular weight is 417 g/mol. The van der Waals surface area contributed by atoms with E-state index in [2.05, 4.69) is 15.0 Å². The third-order valence-corrected chi connectivity index (χ3v) is 5.85. The molecule has 0 fully saturated rings. The zero-order valence-corrected chi connectivity index (χ0v) is 16.7. The highest BCUT2D eigenvalue weighted by molar-refractivity contribution is 7.89. The second-order valence-electron chi connectivity index (χ2n) is 6.33. The molecule has 1 aromatic heterocycles. The molecule has 7 nitrogen and oxygen atoms in total. The molecule has 9 heteroatoms. The summed E-state index contributed by atoms with van der Waals surface area (Å²) in [6.45, 7) is 1.67. The van der Waals surface area contributed by atoms with Gasteiger partial charge in [-0.05, 0) is 43.8 Å². The number of benzene rings is 2. The van der Waals surface area contributed by atoms with Crippen LogP contribution >= 0.6 is 0 Å². The van der Waals surface area contributed by atoms with Gasteiger partial charge in [0.15, 0.2) is 11.7 Å². The summed E-state index contributed by atoms with van der Waals surface area (Å²) in [5, 5.41) is 2.66. The summed E-state index contributed by atoms with van der Waals surface area (Å²) < 4.78 is 45.7. The predicted octanol–water partition coefficient (Wildman–Crippen LogP) is 3.27. The molecule has 0 saturated heterocycles. The van der Waals surface area contributed by atoms with Crippen molar-refractivity contribution in [3.8, 4) is 11.3 Å². The molecule has 0 unspecified atom stereocenters. The maximum atomic E-state index is 13.8. The molecule has 0 saturated carbocycles. The monoisotopic (exact) mass is 417 g/mol. The molecule has 3 rings (SSSR count). The summed E-state index contributed by atoms with van der Waals surface area (Å²) in [4.78, 5) is 16.4. The molecule has 0 atom stereocenters. The number of aryl methyl sites for hydroxylation is 2. The minimum Gasteiger partial charge on any atom is -0.441 e. The van der Waals surface area contributed by atoms with Crippen molar-refractivity contribution >= 4 is 21.6 Å². The first-order chi connectivity index (χ1) is 13.8. The number of nitrogens with zero attached hydrogens (tertiary/aromatic N) is 1. The number of anilines is 1. The van der Waals surface area contributed by atoms with E-state index in [0.717, 1.165) is 0 Å². The van der Waals surface area contributed by atoms with Gasteiger partial charge in [0.05, 0.1) is 16.7 Å². The van der Waals surface area contributed by atoms with Crippen molar-refractivity contribution in [2.45, 2.75) is 24.7 Å². The van der Waals surface area contributed by atoms with Crippen LogP contribution in [0.25, 0.3) is 11.3 Å². The molecule has 0 aliphatic carbocycles. The Kier molecular flexibility index (Phi) is 6.09. The summed E-state index contributed by atoms with van der Waals surface area (Å²) in [6.07, 6.45) is 1.70. The van der Waals surface area contributed by atoms with E-state index in [4.69, 9.17) is 4.42 Å². The number of hydrogen-bond donors (Lipinski definition) is 2. The van der Waals surface area contributed by atoms with Crippen molar-refractivity contribution in [3.05, 3.63) is 65.9 Å². The molecule has 1 amide bonds. The van der Waals surface area contributed by atoms with Gasteiger partial charge >= 0.3 is 0 Å². The van der Waals surface area contributed by atoms with Gasteiger partial charge in [-0.25, -0.2) is 22.5 Å². The SMILES string of the molecule is CNS(=O)(=O)c1cc(NC(=O)CCc2ncc(-c3ccccc3F)o2)ccc1C. The summed E-state index contributed by atoms with van der Waals surface area (Å²) >= 11 is 0. The number of nitrogens with one attached hydrogen (secondary N) is 2. The Bertz CT molecular complexity index is 1140. The number of sulfonamides is 1. The van der Waals surface area contributed by atoms with E-state index in [1.807, 2.05) is 0 Å². The topological polar surface area (TPSA) is 101 Å². The van der Waals surface area contributed by atoms with Crippen molar-refractivity contribution in [1.29, 1.82) is 0 Å². The van der Waals surface area contributed by atoms with Crippen LogP contribution in [0, 0.1) is 12.7 Å². The third kappa shape index (κ3) is 4.87. The lowest BCUT2D eigenvalue weighted by molar-refractivity contribution is -0.116. The fourth-order valence-corrected chi connectivity index (χ4v) is 3.73. The van der Waals surface area contributed by atoms with Gasteiger partial charge in [0.1, 0.15) is 5.82 Å². The van der Waals surface area contributed by atoms with E-state index >= 15 is 0 Å². The van der Waals surface area contributed by atoms with Crippen LogP contribution in [0.2, 0.25) is 0 Å². The first-order valence-corrected chi connectivity index (χ1v) is 10.3. The molecule has 2 aromatic carbocycles. The van der Waals surface area contributed by atoms with Crippen LogP contribution < -0.4 is 10.0 Å². The number of oxazole rings is 1. The number of aromatic nitrogens is 1. The third-order valence-electron chi connectivity index (χ3n) is 4.29. The Morgan fingerprint density at radius 1 is 1.21 bits per heavy atom. The maximum absolute atomic E-state index is 13.8. The van der Waals surface area contributed by atoms with Crippen molar-refractivity contribution in [2.75, 3.05) is 12.4 Å². The van der Waals surface area contributed by atoms with Crippen LogP contribution in [-0.2, 0) is 21.2 Å². The van der Waals surface area contributed by atoms with Gasteiger partial charge in [0.2, 0.25) is 15.9 Å². The van der Waals surface area contributed by atoms with Crippen LogP contribution in [0.3, 0.4) is 0 Å². The summed E-state index contributed by atoms with van der Waals surface area (Å²) in [6, 6.07) is 10.8. The van der Waals surface area contributed by atoms with Crippen molar-refractivity contribution in [2.24, 2.45) is 0 Å².